The highest BCUT2D eigenvalue weighted by molar-refractivity contribution is 5.68. The summed E-state index contributed by atoms with van der Waals surface area (Å²) in [4.78, 5) is 14.0. The molecular weight excluding hydrogens is 283 g/mol. The molecule has 1 N–H and O–H groups in total. The summed E-state index contributed by atoms with van der Waals surface area (Å²) < 4.78 is 18.5. The van der Waals surface area contributed by atoms with Gasteiger partial charge in [0.15, 0.2) is 0 Å². The predicted octanol–water partition coefficient (Wildman–Crippen LogP) is 2.98. The first-order valence-electron chi connectivity index (χ1n) is 7.69. The zero-order chi connectivity index (χ0) is 16.2. The van der Waals surface area contributed by atoms with Gasteiger partial charge in [0.1, 0.15) is 5.60 Å². The summed E-state index contributed by atoms with van der Waals surface area (Å²) in [5.41, 5.74) is 0.649. The molecule has 5 heteroatoms. The summed E-state index contributed by atoms with van der Waals surface area (Å²) >= 11 is 0. The van der Waals surface area contributed by atoms with Crippen molar-refractivity contribution in [1.29, 1.82) is 0 Å². The molecule has 4 nitrogen and oxygen atoms in total. The van der Waals surface area contributed by atoms with E-state index in [1.165, 1.54) is 5.56 Å². The number of hydrogen-bond donors (Lipinski definition) is 1. The van der Waals surface area contributed by atoms with Gasteiger partial charge in [-0.1, -0.05) is 30.3 Å². The normalized spacial score (nSPS) is 22.5. The molecule has 1 fully saturated rings. The number of hydrogen-bond acceptors (Lipinski definition) is 3. The molecule has 2 rings (SSSR count). The molecule has 0 aliphatic carbocycles. The third kappa shape index (κ3) is 4.98. The maximum absolute atomic E-state index is 13.2. The number of rotatable bonds is 4. The van der Waals surface area contributed by atoms with Crippen molar-refractivity contribution in [3.8, 4) is 0 Å². The summed E-state index contributed by atoms with van der Waals surface area (Å²) in [5.74, 6) is -0.184. The van der Waals surface area contributed by atoms with Gasteiger partial charge in [-0.2, -0.15) is 0 Å². The van der Waals surface area contributed by atoms with Crippen LogP contribution in [0.4, 0.5) is 9.18 Å². The second-order valence-corrected chi connectivity index (χ2v) is 6.85. The minimum atomic E-state index is -0.544. The van der Waals surface area contributed by atoms with Gasteiger partial charge >= 0.3 is 6.09 Å². The van der Waals surface area contributed by atoms with Crippen LogP contribution in [0.15, 0.2) is 30.3 Å². The Morgan fingerprint density at radius 3 is 2.59 bits per heavy atom. The van der Waals surface area contributed by atoms with Crippen LogP contribution in [0.3, 0.4) is 0 Å². The van der Waals surface area contributed by atoms with E-state index in [-0.39, 0.29) is 12.0 Å². The molecule has 0 aromatic heterocycles. The molecule has 1 aromatic carbocycles. The Morgan fingerprint density at radius 2 is 2.00 bits per heavy atom. The predicted molar refractivity (Wildman–Crippen MR) is 84.3 cm³/mol. The van der Waals surface area contributed by atoms with Gasteiger partial charge in [-0.25, -0.2) is 4.79 Å². The molecule has 122 valence electrons. The summed E-state index contributed by atoms with van der Waals surface area (Å²) in [6, 6.07) is 9.87. The third-order valence-corrected chi connectivity index (χ3v) is 3.67. The van der Waals surface area contributed by atoms with E-state index in [0.717, 1.165) is 6.54 Å². The number of carbonyl (C=O) groups is 1. The molecule has 0 saturated carbocycles. The highest BCUT2D eigenvalue weighted by Gasteiger charge is 2.34. The first-order valence-corrected chi connectivity index (χ1v) is 7.69. The number of nitrogens with zero attached hydrogens (tertiary/aromatic N) is 1. The van der Waals surface area contributed by atoms with E-state index in [4.69, 9.17) is 4.74 Å². The molecule has 22 heavy (non-hydrogen) atoms. The lowest BCUT2D eigenvalue weighted by atomic mass is 10.1. The molecule has 0 radical (unpaired) electrons. The first kappa shape index (κ1) is 16.7. The van der Waals surface area contributed by atoms with Crippen molar-refractivity contribution >= 4 is 6.09 Å². The van der Waals surface area contributed by atoms with Gasteiger partial charge in [0, 0.05) is 25.6 Å². The number of likely N-dealkylation sites (tertiary alicyclic amines) is 1. The summed E-state index contributed by atoms with van der Waals surface area (Å²) in [6.07, 6.45) is -0.475. The van der Waals surface area contributed by atoms with Gasteiger partial charge in [-0.15, -0.1) is 0 Å². The van der Waals surface area contributed by atoms with E-state index in [9.17, 15) is 9.18 Å². The van der Waals surface area contributed by atoms with Crippen LogP contribution in [-0.4, -0.2) is 42.4 Å². The Kier molecular flexibility index (Phi) is 5.40. The van der Waals surface area contributed by atoms with Gasteiger partial charge < -0.3 is 10.1 Å². The quantitative estimate of drug-likeness (QED) is 0.930. The number of amides is 1. The maximum Gasteiger partial charge on any atom is 0.407 e. The van der Waals surface area contributed by atoms with Crippen molar-refractivity contribution in [3.05, 3.63) is 35.9 Å². The summed E-state index contributed by atoms with van der Waals surface area (Å²) in [5, 5.41) is 2.81. The molecule has 1 amide bonds. The molecule has 2 atom stereocenters. The lowest BCUT2D eigenvalue weighted by Gasteiger charge is -2.23. The average Bonchev–Trinajstić information content (AvgIpc) is 2.79. The molecule has 0 unspecified atom stereocenters. The number of ether oxygens (including phenoxy) is 1. The number of alkyl halides is 1. The third-order valence-electron chi connectivity index (χ3n) is 3.67. The second kappa shape index (κ2) is 7.09. The van der Waals surface area contributed by atoms with Gasteiger partial charge in [-0.3, -0.25) is 9.29 Å². The van der Waals surface area contributed by atoms with Gasteiger partial charge in [-0.05, 0) is 26.3 Å². The minimum Gasteiger partial charge on any atom is -0.444 e. The number of nitrogens with one attached hydrogen (secondary N) is 1. The molecule has 1 aromatic rings. The van der Waals surface area contributed by atoms with Crippen molar-refractivity contribution < 1.29 is 13.9 Å². The van der Waals surface area contributed by atoms with Crippen LogP contribution in [0.2, 0.25) is 0 Å². The van der Waals surface area contributed by atoms with E-state index in [0.29, 0.717) is 13.1 Å². The monoisotopic (exact) mass is 308 g/mol. The van der Waals surface area contributed by atoms with Crippen LogP contribution < -0.4 is 5.32 Å². The van der Waals surface area contributed by atoms with Crippen LogP contribution in [0.25, 0.3) is 0 Å². The van der Waals surface area contributed by atoms with Gasteiger partial charge in [0.25, 0.3) is 0 Å². The van der Waals surface area contributed by atoms with E-state index >= 15 is 0 Å². The van der Waals surface area contributed by atoms with Gasteiger partial charge in [0.05, 0.1) is 12.7 Å². The van der Waals surface area contributed by atoms with E-state index in [2.05, 4.69) is 22.3 Å². The fourth-order valence-corrected chi connectivity index (χ4v) is 2.71. The van der Waals surface area contributed by atoms with Crippen molar-refractivity contribution in [1.82, 2.24) is 10.2 Å². The second-order valence-electron chi connectivity index (χ2n) is 6.85. The summed E-state index contributed by atoms with van der Waals surface area (Å²) in [6.45, 7) is 7.06. The topological polar surface area (TPSA) is 41.6 Å². The number of carbonyl (C=O) groups excluding carboxylic acids is 1. The van der Waals surface area contributed by atoms with Crippen molar-refractivity contribution in [3.63, 3.8) is 0 Å². The fourth-order valence-electron chi connectivity index (χ4n) is 2.71. The Balaban J connectivity index is 1.90. The van der Waals surface area contributed by atoms with Crippen molar-refractivity contribution in [2.24, 2.45) is 5.92 Å². The Morgan fingerprint density at radius 1 is 1.32 bits per heavy atom. The first-order chi connectivity index (χ1) is 10.4. The Hall–Kier alpha value is -1.62. The van der Waals surface area contributed by atoms with Crippen LogP contribution in [0, 0.1) is 5.92 Å². The highest BCUT2D eigenvalue weighted by Crippen LogP contribution is 2.20. The van der Waals surface area contributed by atoms with E-state index in [1.807, 2.05) is 39.0 Å². The minimum absolute atomic E-state index is 0.184. The smallest absolute Gasteiger partial charge is 0.407 e. The zero-order valence-electron chi connectivity index (χ0n) is 13.5. The van der Waals surface area contributed by atoms with E-state index < -0.39 is 18.4 Å². The van der Waals surface area contributed by atoms with E-state index in [1.54, 1.807) is 0 Å². The molecule has 0 spiro atoms. The standard InChI is InChI=1S/C17H25FN2O2/c1-17(2,3)22-16(21)19-15-12-20(11-14(15)9-18)10-13-7-5-4-6-8-13/h4-8,14-15H,9-12H2,1-3H3,(H,19,21)/t14-,15-/m0/s1. The fraction of sp³-hybridized carbons (Fsp3) is 0.588. The summed E-state index contributed by atoms with van der Waals surface area (Å²) in [7, 11) is 0. The molecule has 1 heterocycles. The Labute approximate surface area is 131 Å². The van der Waals surface area contributed by atoms with Crippen LogP contribution in [0.5, 0.6) is 0 Å². The number of alkyl carbamates (subject to hydrolysis) is 1. The Bertz CT molecular complexity index is 487. The molecule has 1 saturated heterocycles. The lowest BCUT2D eigenvalue weighted by molar-refractivity contribution is 0.0493. The van der Waals surface area contributed by atoms with Crippen molar-refractivity contribution in [2.75, 3.05) is 19.8 Å². The molecule has 1 aliphatic heterocycles. The highest BCUT2D eigenvalue weighted by atomic mass is 19.1. The molecule has 0 bridgehead atoms. The molecular formula is C17H25FN2O2. The molecule has 1 aliphatic rings. The average molecular weight is 308 g/mol. The number of benzene rings is 1. The van der Waals surface area contributed by atoms with Crippen LogP contribution >= 0.6 is 0 Å². The lowest BCUT2D eigenvalue weighted by Crippen LogP contribution is -2.43. The number of halogens is 1. The van der Waals surface area contributed by atoms with Crippen molar-refractivity contribution in [2.45, 2.75) is 39.0 Å². The largest absolute Gasteiger partial charge is 0.444 e. The van der Waals surface area contributed by atoms with Crippen LogP contribution in [0.1, 0.15) is 26.3 Å². The van der Waals surface area contributed by atoms with Gasteiger partial charge in [0.2, 0.25) is 0 Å². The zero-order valence-corrected chi connectivity index (χ0v) is 13.5. The SMILES string of the molecule is CC(C)(C)OC(=O)N[C@H]1CN(Cc2ccccc2)C[C@@H]1CF. The maximum atomic E-state index is 13.2. The van der Waals surface area contributed by atoms with Crippen LogP contribution in [-0.2, 0) is 11.3 Å².